The Morgan fingerprint density at radius 1 is 0.292 bits per heavy atom. The third-order valence-electron chi connectivity index (χ3n) is 22.9. The van der Waals surface area contributed by atoms with Crippen molar-refractivity contribution in [2.45, 2.75) is 26.2 Å². The standard InChI is InChI=1S/C106H71BN4O2/c1-106(2,3)76-62-95-103-96(63-76)111(105-80(53-59-100-102(105)84-35-19-23-39-98(84)113-100)73-46-42-71(43-47-73)67-26-10-5-11-27-67)94-65-78(109-90-37-21-17-33-82(90)86-61-75(49-57-92(86)109)69-30-14-7-15-31-69)51-55-88(94)107(103)87-54-50-77(108-89-36-20-16-32-81(89)85-60-74(48-56-91(85)108)68-28-12-6-13-29-68)64-93(87)110(95)104-79(52-58-99-101(104)83-34-18-22-38-97(83)112-99)72-44-40-70(41-45-72)66-24-8-4-9-25-66/h4-65H,1-3H3/i16D,17D,20D,21D,32D,33D,36D,37D,48D,49D,56D,57D,60D,61D. The molecule has 2 aliphatic heterocycles. The summed E-state index contributed by atoms with van der Waals surface area (Å²) in [6.07, 6.45) is 0. The molecule has 6 nitrogen and oxygen atoms in total. The summed E-state index contributed by atoms with van der Waals surface area (Å²) in [5.74, 6) is 0. The van der Waals surface area contributed by atoms with Crippen molar-refractivity contribution in [2.24, 2.45) is 0 Å². The molecule has 7 heteroatoms. The number of para-hydroxylation sites is 4. The first kappa shape index (κ1) is 51.8. The Hall–Kier alpha value is -14.4. The van der Waals surface area contributed by atoms with Crippen LogP contribution in [0.5, 0.6) is 0 Å². The molecular weight excluding hydrogens is 1370 g/mol. The van der Waals surface area contributed by atoms with E-state index >= 15 is 0 Å². The first-order valence-corrected chi connectivity index (χ1v) is 38.0. The number of benzene rings is 17. The van der Waals surface area contributed by atoms with E-state index < -0.39 is 60.5 Å². The van der Waals surface area contributed by atoms with Gasteiger partial charge in [0.2, 0.25) is 0 Å². The molecule has 0 radical (unpaired) electrons. The highest BCUT2D eigenvalue weighted by atomic mass is 16.3. The molecule has 0 amide bonds. The zero-order valence-corrected chi connectivity index (χ0v) is 61.4. The lowest BCUT2D eigenvalue weighted by atomic mass is 9.33. The zero-order chi connectivity index (χ0) is 86.9. The molecule has 0 atom stereocenters. The van der Waals surface area contributed by atoms with E-state index in [-0.39, 0.29) is 91.0 Å². The van der Waals surface area contributed by atoms with Crippen LogP contribution in [0.2, 0.25) is 0 Å². The molecule has 17 aromatic carbocycles. The first-order chi connectivity index (χ1) is 61.5. The van der Waals surface area contributed by atoms with E-state index in [9.17, 15) is 19.2 Å². The van der Waals surface area contributed by atoms with E-state index in [2.05, 4.69) is 140 Å². The molecule has 0 bridgehead atoms. The summed E-state index contributed by atoms with van der Waals surface area (Å²) in [6.45, 7) is 5.77. The summed E-state index contributed by atoms with van der Waals surface area (Å²) in [7, 11) is 0. The second-order valence-electron chi connectivity index (χ2n) is 30.3. The molecule has 2 aliphatic rings. The fourth-order valence-corrected chi connectivity index (χ4v) is 17.7. The minimum atomic E-state index is -0.784. The van der Waals surface area contributed by atoms with Crippen LogP contribution in [-0.4, -0.2) is 15.8 Å². The van der Waals surface area contributed by atoms with Crippen LogP contribution in [0.25, 0.3) is 166 Å². The molecule has 0 saturated carbocycles. The molecule has 21 aromatic rings. The number of hydrogen-bond donors (Lipinski definition) is 0. The molecule has 0 fully saturated rings. The summed E-state index contributed by atoms with van der Waals surface area (Å²) >= 11 is 0. The lowest BCUT2D eigenvalue weighted by Gasteiger charge is -2.46. The van der Waals surface area contributed by atoms with Crippen molar-refractivity contribution in [2.75, 3.05) is 9.80 Å². The van der Waals surface area contributed by atoms with Gasteiger partial charge in [-0.05, 0) is 192 Å². The van der Waals surface area contributed by atoms with Gasteiger partial charge in [-0.3, -0.25) is 0 Å². The predicted octanol–water partition coefficient (Wildman–Crippen LogP) is 27.1. The fraction of sp³-hybridized carbons (Fsp3) is 0.0377. The lowest BCUT2D eigenvalue weighted by molar-refractivity contribution is 0.590. The van der Waals surface area contributed by atoms with Crippen molar-refractivity contribution >= 4 is 145 Å². The van der Waals surface area contributed by atoms with Gasteiger partial charge in [-0.2, -0.15) is 0 Å². The van der Waals surface area contributed by atoms with Gasteiger partial charge < -0.3 is 27.8 Å². The highest BCUT2D eigenvalue weighted by Crippen LogP contribution is 2.56. The molecular formula is C106H71BN4O2. The van der Waals surface area contributed by atoms with Crippen molar-refractivity contribution in [3.63, 3.8) is 0 Å². The minimum absolute atomic E-state index is 0.00418. The number of hydrogen-bond acceptors (Lipinski definition) is 4. The maximum Gasteiger partial charge on any atom is 0.252 e. The molecule has 6 heterocycles. The normalized spacial score (nSPS) is 14.4. The smallest absolute Gasteiger partial charge is 0.252 e. The Balaban J connectivity index is 0.900. The number of anilines is 6. The third kappa shape index (κ3) is 10.1. The Bertz CT molecular complexity index is 7880. The molecule has 4 aromatic heterocycles. The number of rotatable bonds is 10. The summed E-state index contributed by atoms with van der Waals surface area (Å²) in [5.41, 5.74) is 18.4. The van der Waals surface area contributed by atoms with E-state index in [1.165, 1.54) is 0 Å². The highest BCUT2D eigenvalue weighted by Gasteiger charge is 2.47. The van der Waals surface area contributed by atoms with Gasteiger partial charge in [0.05, 0.1) is 63.4 Å². The van der Waals surface area contributed by atoms with Crippen molar-refractivity contribution < 1.29 is 28.0 Å². The van der Waals surface area contributed by atoms with Crippen LogP contribution in [0.15, 0.2) is 385 Å². The van der Waals surface area contributed by atoms with Gasteiger partial charge in [0.1, 0.15) is 22.3 Å². The zero-order valence-electron chi connectivity index (χ0n) is 75.4. The maximum absolute atomic E-state index is 10.4. The van der Waals surface area contributed by atoms with Gasteiger partial charge in [-0.1, -0.05) is 287 Å². The van der Waals surface area contributed by atoms with Crippen LogP contribution in [0.4, 0.5) is 34.1 Å². The topological polar surface area (TPSA) is 42.6 Å². The molecule has 0 saturated heterocycles. The van der Waals surface area contributed by atoms with Crippen LogP contribution in [0.3, 0.4) is 0 Å². The molecule has 113 heavy (non-hydrogen) atoms. The van der Waals surface area contributed by atoms with Gasteiger partial charge in [-0.15, -0.1) is 0 Å². The van der Waals surface area contributed by atoms with Crippen LogP contribution in [0.1, 0.15) is 45.5 Å². The average Bonchev–Trinajstić information content (AvgIpc) is 1.58. The van der Waals surface area contributed by atoms with Crippen molar-refractivity contribution in [3.05, 3.63) is 381 Å². The lowest BCUT2D eigenvalue weighted by Crippen LogP contribution is -2.61. The van der Waals surface area contributed by atoms with Crippen molar-refractivity contribution in [1.82, 2.24) is 9.13 Å². The Morgan fingerprint density at radius 2 is 0.655 bits per heavy atom. The van der Waals surface area contributed by atoms with Crippen LogP contribution in [-0.2, 0) is 5.41 Å². The van der Waals surface area contributed by atoms with E-state index in [1.54, 1.807) is 57.7 Å². The summed E-state index contributed by atoms with van der Waals surface area (Å²) in [5, 5.41) is 3.34. The van der Waals surface area contributed by atoms with Gasteiger partial charge in [0.15, 0.2) is 0 Å². The van der Waals surface area contributed by atoms with E-state index in [1.807, 2.05) is 133 Å². The number of aromatic nitrogens is 2. The molecule has 530 valence electrons. The third-order valence-corrected chi connectivity index (χ3v) is 22.9. The predicted molar refractivity (Wildman–Crippen MR) is 475 cm³/mol. The maximum atomic E-state index is 10.4. The van der Waals surface area contributed by atoms with E-state index in [0.29, 0.717) is 56.2 Å². The SMILES string of the molecule is [2H]c1c([2H])c([2H])c2c(c1[2H])c1c([2H])c(-c3ccccc3)c([2H])c([2H])c1n2-c1ccc2c(c1)N(c1c(-c3ccc(-c4ccccc4)cc3)ccc3oc4ccccc4c13)c1cc(C(C)(C)C)cc3c1B2c1ccc(-n2c4c([2H])c([2H])c([2H])c([2H])c4c4c([2H])c(-c5ccccc5)c([2H])c([2H])c42)cc1N3c1c(-c2ccc(-c3ccccc3)cc2)ccc2oc3ccccc3c12. The van der Waals surface area contributed by atoms with E-state index in [0.717, 1.165) is 111 Å². The molecule has 0 aliphatic carbocycles. The molecule has 0 unspecified atom stereocenters. The minimum Gasteiger partial charge on any atom is -0.456 e. The Morgan fingerprint density at radius 3 is 1.07 bits per heavy atom. The van der Waals surface area contributed by atoms with Crippen LogP contribution in [0, 0.1) is 0 Å². The monoisotopic (exact) mass is 1460 g/mol. The summed E-state index contributed by atoms with van der Waals surface area (Å²) in [4.78, 5) is 4.66. The Kier molecular flexibility index (Phi) is 11.5. The second kappa shape index (κ2) is 25.1. The highest BCUT2D eigenvalue weighted by molar-refractivity contribution is 7.00. The van der Waals surface area contributed by atoms with Gasteiger partial charge >= 0.3 is 0 Å². The molecule has 0 N–H and O–H groups in total. The molecule has 0 spiro atoms. The van der Waals surface area contributed by atoms with Crippen molar-refractivity contribution in [1.29, 1.82) is 0 Å². The number of furan rings is 2. The van der Waals surface area contributed by atoms with Gasteiger partial charge in [0, 0.05) is 77.6 Å². The second-order valence-corrected chi connectivity index (χ2v) is 30.3. The Labute approximate surface area is 673 Å². The van der Waals surface area contributed by atoms with Gasteiger partial charge in [0.25, 0.3) is 6.71 Å². The van der Waals surface area contributed by atoms with Gasteiger partial charge in [-0.25, -0.2) is 0 Å². The fourth-order valence-electron chi connectivity index (χ4n) is 17.7. The van der Waals surface area contributed by atoms with Crippen molar-refractivity contribution in [3.8, 4) is 78.1 Å². The average molecular weight is 1460 g/mol. The summed E-state index contributed by atoms with van der Waals surface area (Å²) in [6, 6.07) is 91.0. The van der Waals surface area contributed by atoms with Crippen LogP contribution >= 0.6 is 0 Å². The summed E-state index contributed by atoms with van der Waals surface area (Å²) < 4.78 is 156. The number of nitrogens with zero attached hydrogens (tertiary/aromatic N) is 4. The molecule has 23 rings (SSSR count). The quantitative estimate of drug-likeness (QED) is 0.128. The van der Waals surface area contributed by atoms with E-state index in [4.69, 9.17) is 8.83 Å². The number of fused-ring (bicyclic) bond motifs is 16. The van der Waals surface area contributed by atoms with Crippen LogP contribution < -0.4 is 26.2 Å². The first-order valence-electron chi connectivity index (χ1n) is 45.0. The largest absolute Gasteiger partial charge is 0.456 e.